The summed E-state index contributed by atoms with van der Waals surface area (Å²) in [4.78, 5) is 13.3. The van der Waals surface area contributed by atoms with Crippen molar-refractivity contribution in [3.63, 3.8) is 0 Å². The van der Waals surface area contributed by atoms with Gasteiger partial charge in [0.25, 0.3) is 0 Å². The van der Waals surface area contributed by atoms with E-state index in [2.05, 4.69) is 4.90 Å². The Balaban J connectivity index is 1.99. The molecule has 1 aliphatic rings. The van der Waals surface area contributed by atoms with Crippen molar-refractivity contribution in [3.8, 4) is 11.1 Å². The lowest BCUT2D eigenvalue weighted by atomic mass is 9.94. The summed E-state index contributed by atoms with van der Waals surface area (Å²) in [5.41, 5.74) is 9.49. The highest BCUT2D eigenvalue weighted by Gasteiger charge is 2.15. The van der Waals surface area contributed by atoms with E-state index in [9.17, 15) is 9.18 Å². The van der Waals surface area contributed by atoms with Gasteiger partial charge in [-0.05, 0) is 79.4 Å². The fourth-order valence-corrected chi connectivity index (χ4v) is 3.52. The van der Waals surface area contributed by atoms with Crippen LogP contribution in [0.2, 0.25) is 0 Å². The molecular weight excluding hydrogens is 329 g/mol. The highest BCUT2D eigenvalue weighted by atomic mass is 19.1. The van der Waals surface area contributed by atoms with E-state index < -0.39 is 0 Å². The fourth-order valence-electron chi connectivity index (χ4n) is 3.52. The van der Waals surface area contributed by atoms with Crippen molar-refractivity contribution >= 4 is 17.7 Å². The van der Waals surface area contributed by atoms with Gasteiger partial charge < -0.3 is 5.73 Å². The van der Waals surface area contributed by atoms with Crippen LogP contribution in [0.25, 0.3) is 11.1 Å². The number of hydrogen-bond donors (Lipinski definition) is 2. The molecule has 1 aliphatic heterocycles. The molecular formula is C21H24FN3O. The van der Waals surface area contributed by atoms with Gasteiger partial charge in [0.1, 0.15) is 11.5 Å². The van der Waals surface area contributed by atoms with Crippen molar-refractivity contribution in [2.24, 2.45) is 0 Å². The Morgan fingerprint density at radius 1 is 1.23 bits per heavy atom. The highest BCUT2D eigenvalue weighted by Crippen LogP contribution is 2.30. The second-order valence-electron chi connectivity index (χ2n) is 6.92. The third-order valence-corrected chi connectivity index (χ3v) is 5.03. The number of aldehydes is 1. The van der Waals surface area contributed by atoms with E-state index in [1.165, 1.54) is 19.3 Å². The standard InChI is InChI=1S/C21H24FN3O/c1-14-17(16-5-6-20(23)18(11-16)21(24)13-26)9-15(10-19(14)22)12-25-7-3-2-4-8-25/h5-6,9-11,13,24H,2-4,7-8,12,23H2,1H3. The summed E-state index contributed by atoms with van der Waals surface area (Å²) >= 11 is 0. The van der Waals surface area contributed by atoms with Crippen LogP contribution in [0.1, 0.15) is 36.0 Å². The number of piperidine rings is 1. The smallest absolute Gasteiger partial charge is 0.168 e. The van der Waals surface area contributed by atoms with Gasteiger partial charge in [-0.25, -0.2) is 4.39 Å². The second kappa shape index (κ2) is 7.79. The number of carbonyl (C=O) groups is 1. The van der Waals surface area contributed by atoms with Gasteiger partial charge in [0.15, 0.2) is 6.29 Å². The molecule has 2 aromatic rings. The van der Waals surface area contributed by atoms with Crippen LogP contribution in [0, 0.1) is 18.2 Å². The number of carbonyl (C=O) groups excluding carboxylic acids is 1. The van der Waals surface area contributed by atoms with E-state index in [0.29, 0.717) is 23.1 Å². The number of nitrogen functional groups attached to an aromatic ring is 1. The number of halogens is 1. The second-order valence-corrected chi connectivity index (χ2v) is 6.92. The summed E-state index contributed by atoms with van der Waals surface area (Å²) in [6, 6.07) is 8.78. The quantitative estimate of drug-likeness (QED) is 0.486. The number of nitrogens with one attached hydrogen (secondary N) is 1. The SMILES string of the molecule is Cc1c(F)cc(CN2CCCCC2)cc1-c1ccc(N)c(C(=N)C=O)c1. The van der Waals surface area contributed by atoms with Crippen LogP contribution in [0.3, 0.4) is 0 Å². The van der Waals surface area contributed by atoms with Gasteiger partial charge in [0.05, 0.1) is 0 Å². The third kappa shape index (κ3) is 3.83. The first-order valence-corrected chi connectivity index (χ1v) is 8.95. The number of nitrogens with two attached hydrogens (primary N) is 1. The van der Waals surface area contributed by atoms with Crippen molar-refractivity contribution in [1.29, 1.82) is 5.41 Å². The van der Waals surface area contributed by atoms with E-state index in [0.717, 1.165) is 36.3 Å². The van der Waals surface area contributed by atoms with E-state index in [1.807, 2.05) is 12.1 Å². The van der Waals surface area contributed by atoms with Crippen LogP contribution >= 0.6 is 0 Å². The first-order chi connectivity index (χ1) is 12.5. The van der Waals surface area contributed by atoms with Crippen LogP contribution in [0.4, 0.5) is 10.1 Å². The summed E-state index contributed by atoms with van der Waals surface area (Å²) < 4.78 is 14.5. The molecule has 0 spiro atoms. The first-order valence-electron chi connectivity index (χ1n) is 8.95. The van der Waals surface area contributed by atoms with Crippen molar-refractivity contribution < 1.29 is 9.18 Å². The molecule has 1 saturated heterocycles. The number of benzene rings is 2. The Morgan fingerprint density at radius 3 is 2.65 bits per heavy atom. The number of rotatable bonds is 5. The van der Waals surface area contributed by atoms with Crippen molar-refractivity contribution in [2.75, 3.05) is 18.8 Å². The predicted molar refractivity (Wildman–Crippen MR) is 103 cm³/mol. The van der Waals surface area contributed by atoms with Crippen LogP contribution in [-0.4, -0.2) is 30.0 Å². The largest absolute Gasteiger partial charge is 0.398 e. The average Bonchev–Trinajstić information content (AvgIpc) is 2.65. The molecule has 136 valence electrons. The fraction of sp³-hybridized carbons (Fsp3) is 0.333. The van der Waals surface area contributed by atoms with E-state index >= 15 is 0 Å². The minimum atomic E-state index is -0.238. The monoisotopic (exact) mass is 353 g/mol. The summed E-state index contributed by atoms with van der Waals surface area (Å²) in [6.45, 7) is 4.58. The lowest BCUT2D eigenvalue weighted by Crippen LogP contribution is -2.29. The summed E-state index contributed by atoms with van der Waals surface area (Å²) in [6.07, 6.45) is 4.11. The predicted octanol–water partition coefficient (Wildman–Crippen LogP) is 3.94. The van der Waals surface area contributed by atoms with E-state index in [1.54, 1.807) is 25.1 Å². The van der Waals surface area contributed by atoms with Gasteiger partial charge in [0, 0.05) is 17.8 Å². The van der Waals surface area contributed by atoms with E-state index in [-0.39, 0.29) is 11.5 Å². The average molecular weight is 353 g/mol. The molecule has 0 unspecified atom stereocenters. The van der Waals surface area contributed by atoms with Gasteiger partial charge in [-0.2, -0.15) is 0 Å². The highest BCUT2D eigenvalue weighted by molar-refractivity contribution is 6.36. The zero-order valence-electron chi connectivity index (χ0n) is 15.0. The van der Waals surface area contributed by atoms with Gasteiger partial charge >= 0.3 is 0 Å². The minimum Gasteiger partial charge on any atom is -0.398 e. The van der Waals surface area contributed by atoms with Crippen LogP contribution < -0.4 is 5.73 Å². The zero-order valence-corrected chi connectivity index (χ0v) is 15.0. The number of nitrogens with zero attached hydrogens (tertiary/aromatic N) is 1. The Labute approximate surface area is 153 Å². The molecule has 2 aromatic carbocycles. The molecule has 5 heteroatoms. The molecule has 0 saturated carbocycles. The number of likely N-dealkylation sites (tertiary alicyclic amines) is 1. The van der Waals surface area contributed by atoms with Crippen molar-refractivity contribution in [2.45, 2.75) is 32.7 Å². The van der Waals surface area contributed by atoms with Crippen molar-refractivity contribution in [1.82, 2.24) is 4.90 Å². The maximum Gasteiger partial charge on any atom is 0.168 e. The van der Waals surface area contributed by atoms with Gasteiger partial charge in [-0.3, -0.25) is 15.1 Å². The van der Waals surface area contributed by atoms with Crippen LogP contribution in [0.15, 0.2) is 30.3 Å². The molecule has 0 aromatic heterocycles. The number of anilines is 1. The summed E-state index contributed by atoms with van der Waals surface area (Å²) in [5.74, 6) is -0.238. The molecule has 0 radical (unpaired) electrons. The maximum absolute atomic E-state index is 14.5. The van der Waals surface area contributed by atoms with Crippen molar-refractivity contribution in [3.05, 3.63) is 52.8 Å². The summed E-state index contributed by atoms with van der Waals surface area (Å²) in [7, 11) is 0. The zero-order chi connectivity index (χ0) is 18.7. The van der Waals surface area contributed by atoms with Crippen LogP contribution in [-0.2, 0) is 11.3 Å². The minimum absolute atomic E-state index is 0.174. The molecule has 0 atom stereocenters. The summed E-state index contributed by atoms with van der Waals surface area (Å²) in [5, 5.41) is 7.76. The van der Waals surface area contributed by atoms with Gasteiger partial charge in [-0.15, -0.1) is 0 Å². The molecule has 3 rings (SSSR count). The van der Waals surface area contributed by atoms with E-state index in [4.69, 9.17) is 11.1 Å². The molecule has 0 bridgehead atoms. The number of hydrogen-bond acceptors (Lipinski definition) is 4. The normalized spacial score (nSPS) is 15.0. The Bertz CT molecular complexity index is 841. The Kier molecular flexibility index (Phi) is 5.47. The first kappa shape index (κ1) is 18.3. The lowest BCUT2D eigenvalue weighted by molar-refractivity contribution is -0.102. The molecule has 26 heavy (non-hydrogen) atoms. The molecule has 1 heterocycles. The van der Waals surface area contributed by atoms with Gasteiger partial charge in [0.2, 0.25) is 0 Å². The maximum atomic E-state index is 14.5. The molecule has 1 fully saturated rings. The van der Waals surface area contributed by atoms with Gasteiger partial charge in [-0.1, -0.05) is 12.5 Å². The molecule has 4 nitrogen and oxygen atoms in total. The molecule has 3 N–H and O–H groups in total. The Hall–Kier alpha value is -2.53. The molecule has 0 aliphatic carbocycles. The Morgan fingerprint density at radius 2 is 1.96 bits per heavy atom. The lowest BCUT2D eigenvalue weighted by Gasteiger charge is -2.26. The third-order valence-electron chi connectivity index (χ3n) is 5.03. The topological polar surface area (TPSA) is 70.2 Å². The molecule has 0 amide bonds. The van der Waals surface area contributed by atoms with Crippen LogP contribution in [0.5, 0.6) is 0 Å².